The number of aryl methyl sites for hydroxylation is 3. The van der Waals surface area contributed by atoms with E-state index in [0.717, 1.165) is 40.8 Å². The van der Waals surface area contributed by atoms with E-state index in [1.807, 2.05) is 48.5 Å². The van der Waals surface area contributed by atoms with Crippen molar-refractivity contribution in [1.29, 1.82) is 0 Å². The second-order valence-corrected chi connectivity index (χ2v) is 6.70. The monoisotopic (exact) mass is 377 g/mol. The van der Waals surface area contributed by atoms with Gasteiger partial charge in [0, 0.05) is 43.1 Å². The number of hydrogen-bond acceptors (Lipinski definition) is 5. The number of para-hydroxylation sites is 1. The quantitative estimate of drug-likeness (QED) is 0.460. The molecule has 0 saturated heterocycles. The average molecular weight is 377 g/mol. The summed E-state index contributed by atoms with van der Waals surface area (Å²) >= 11 is 0. The number of fused-ring (bicyclic) bond motifs is 1. The van der Waals surface area contributed by atoms with E-state index in [1.54, 1.807) is 18.0 Å². The van der Waals surface area contributed by atoms with Gasteiger partial charge in [-0.15, -0.1) is 0 Å². The van der Waals surface area contributed by atoms with Crippen molar-refractivity contribution in [3.8, 4) is 22.8 Å². The molecule has 28 heavy (non-hydrogen) atoms. The smallest absolute Gasteiger partial charge is 0.181 e. The number of ether oxygens (including phenoxy) is 2. The van der Waals surface area contributed by atoms with Gasteiger partial charge in [0.15, 0.2) is 17.1 Å². The van der Waals surface area contributed by atoms with Crippen molar-refractivity contribution in [3.63, 3.8) is 0 Å². The van der Waals surface area contributed by atoms with Crippen molar-refractivity contribution < 1.29 is 9.47 Å². The van der Waals surface area contributed by atoms with E-state index in [1.165, 1.54) is 0 Å². The first-order valence-corrected chi connectivity index (χ1v) is 9.22. The summed E-state index contributed by atoms with van der Waals surface area (Å²) in [4.78, 5) is 8.81. The molecule has 7 nitrogen and oxygen atoms in total. The van der Waals surface area contributed by atoms with E-state index in [2.05, 4.69) is 23.1 Å². The van der Waals surface area contributed by atoms with Crippen LogP contribution in [0.3, 0.4) is 0 Å². The molecule has 0 N–H and O–H groups in total. The standard InChI is InChI=1S/C21H23N5O2/c1-15-12-18(23-21-17(15)13-25(2)24-21)16-6-4-7-19(27-3)20(16)28-11-5-9-26-10-8-22-14-26/h4,6-8,10,12-14H,5,9,11H2,1-3H3. The molecule has 4 aromatic rings. The molecule has 0 aliphatic heterocycles. The van der Waals surface area contributed by atoms with Crippen LogP contribution in [0.4, 0.5) is 0 Å². The average Bonchev–Trinajstić information content (AvgIpc) is 3.34. The molecular formula is C21H23N5O2. The highest BCUT2D eigenvalue weighted by atomic mass is 16.5. The zero-order valence-electron chi connectivity index (χ0n) is 16.3. The Morgan fingerprint density at radius 1 is 1.21 bits per heavy atom. The zero-order valence-corrected chi connectivity index (χ0v) is 16.3. The highest BCUT2D eigenvalue weighted by Crippen LogP contribution is 2.38. The molecule has 0 amide bonds. The Balaban J connectivity index is 1.63. The molecule has 0 aliphatic rings. The van der Waals surface area contributed by atoms with Crippen molar-refractivity contribution in [2.24, 2.45) is 7.05 Å². The van der Waals surface area contributed by atoms with Crippen LogP contribution in [-0.4, -0.2) is 38.0 Å². The highest BCUT2D eigenvalue weighted by molar-refractivity contribution is 5.83. The molecule has 0 radical (unpaired) electrons. The number of pyridine rings is 1. The SMILES string of the molecule is COc1cccc(-c2cc(C)c3cn(C)nc3n2)c1OCCCn1ccnc1. The van der Waals surface area contributed by atoms with Gasteiger partial charge in [-0.1, -0.05) is 6.07 Å². The first kappa shape index (κ1) is 18.0. The maximum atomic E-state index is 6.14. The van der Waals surface area contributed by atoms with Gasteiger partial charge >= 0.3 is 0 Å². The third kappa shape index (κ3) is 3.55. The number of nitrogens with zero attached hydrogens (tertiary/aromatic N) is 5. The van der Waals surface area contributed by atoms with Gasteiger partial charge in [0.2, 0.25) is 0 Å². The Morgan fingerprint density at radius 2 is 2.11 bits per heavy atom. The van der Waals surface area contributed by atoms with Crippen LogP contribution < -0.4 is 9.47 Å². The molecule has 7 heteroatoms. The van der Waals surface area contributed by atoms with Crippen LogP contribution in [0.25, 0.3) is 22.3 Å². The maximum Gasteiger partial charge on any atom is 0.181 e. The number of benzene rings is 1. The molecule has 0 spiro atoms. The Hall–Kier alpha value is -3.35. The molecule has 144 valence electrons. The minimum atomic E-state index is 0.566. The van der Waals surface area contributed by atoms with Crippen LogP contribution in [-0.2, 0) is 13.6 Å². The lowest BCUT2D eigenvalue weighted by Gasteiger charge is -2.15. The number of imidazole rings is 1. The summed E-state index contributed by atoms with van der Waals surface area (Å²) in [6, 6.07) is 7.93. The molecule has 0 atom stereocenters. The Bertz CT molecular complexity index is 1090. The fourth-order valence-electron chi connectivity index (χ4n) is 3.27. The lowest BCUT2D eigenvalue weighted by molar-refractivity contribution is 0.284. The summed E-state index contributed by atoms with van der Waals surface area (Å²) in [5.41, 5.74) is 3.58. The fourth-order valence-corrected chi connectivity index (χ4v) is 3.27. The van der Waals surface area contributed by atoms with Gasteiger partial charge in [-0.25, -0.2) is 9.97 Å². The second kappa shape index (κ2) is 7.72. The van der Waals surface area contributed by atoms with Crippen molar-refractivity contribution in [3.05, 3.63) is 54.7 Å². The molecule has 4 rings (SSSR count). The van der Waals surface area contributed by atoms with E-state index in [0.29, 0.717) is 18.1 Å². The van der Waals surface area contributed by atoms with Gasteiger partial charge in [-0.05, 0) is 37.1 Å². The molecule has 0 saturated carbocycles. The Kier molecular flexibility index (Phi) is 4.97. The summed E-state index contributed by atoms with van der Waals surface area (Å²) in [6.45, 7) is 3.49. The van der Waals surface area contributed by atoms with Crippen molar-refractivity contribution in [2.75, 3.05) is 13.7 Å². The van der Waals surface area contributed by atoms with Crippen molar-refractivity contribution in [1.82, 2.24) is 24.3 Å². The van der Waals surface area contributed by atoms with Gasteiger partial charge < -0.3 is 14.0 Å². The molecule has 1 aromatic carbocycles. The van der Waals surface area contributed by atoms with Crippen LogP contribution in [0.2, 0.25) is 0 Å². The van der Waals surface area contributed by atoms with E-state index in [9.17, 15) is 0 Å². The largest absolute Gasteiger partial charge is 0.493 e. The number of aromatic nitrogens is 5. The normalized spacial score (nSPS) is 11.1. The predicted octanol–water partition coefficient (Wildman–Crippen LogP) is 3.62. The molecule has 0 bridgehead atoms. The summed E-state index contributed by atoms with van der Waals surface area (Å²) in [6.07, 6.45) is 8.38. The van der Waals surface area contributed by atoms with Crippen LogP contribution in [0.1, 0.15) is 12.0 Å². The Labute approximate surface area is 163 Å². The highest BCUT2D eigenvalue weighted by Gasteiger charge is 2.16. The topological polar surface area (TPSA) is 67.0 Å². The van der Waals surface area contributed by atoms with E-state index < -0.39 is 0 Å². The van der Waals surface area contributed by atoms with Gasteiger partial charge in [-0.2, -0.15) is 5.10 Å². The van der Waals surface area contributed by atoms with Crippen LogP contribution in [0.15, 0.2) is 49.2 Å². The lowest BCUT2D eigenvalue weighted by Crippen LogP contribution is -2.05. The van der Waals surface area contributed by atoms with Gasteiger partial charge in [0.25, 0.3) is 0 Å². The maximum absolute atomic E-state index is 6.14. The van der Waals surface area contributed by atoms with E-state index in [-0.39, 0.29) is 0 Å². The minimum Gasteiger partial charge on any atom is -0.493 e. The van der Waals surface area contributed by atoms with Crippen molar-refractivity contribution >= 4 is 11.0 Å². The summed E-state index contributed by atoms with van der Waals surface area (Å²) in [7, 11) is 3.55. The molecular weight excluding hydrogens is 354 g/mol. The predicted molar refractivity (Wildman–Crippen MR) is 108 cm³/mol. The van der Waals surface area contributed by atoms with E-state index in [4.69, 9.17) is 14.5 Å². The molecule has 3 aromatic heterocycles. The zero-order chi connectivity index (χ0) is 19.5. The van der Waals surface area contributed by atoms with Gasteiger partial charge in [-0.3, -0.25) is 4.68 Å². The van der Waals surface area contributed by atoms with Crippen LogP contribution in [0.5, 0.6) is 11.5 Å². The summed E-state index contributed by atoms with van der Waals surface area (Å²) in [5, 5.41) is 5.51. The summed E-state index contributed by atoms with van der Waals surface area (Å²) in [5.74, 6) is 1.40. The summed E-state index contributed by atoms with van der Waals surface area (Å²) < 4.78 is 15.5. The van der Waals surface area contributed by atoms with E-state index >= 15 is 0 Å². The first-order valence-electron chi connectivity index (χ1n) is 9.22. The first-order chi connectivity index (χ1) is 13.7. The number of hydrogen-bond donors (Lipinski definition) is 0. The fraction of sp³-hybridized carbons (Fsp3) is 0.286. The van der Waals surface area contributed by atoms with Crippen LogP contribution >= 0.6 is 0 Å². The second-order valence-electron chi connectivity index (χ2n) is 6.70. The van der Waals surface area contributed by atoms with Crippen LogP contribution in [0, 0.1) is 6.92 Å². The molecule has 0 unspecified atom stereocenters. The minimum absolute atomic E-state index is 0.566. The molecule has 0 fully saturated rings. The number of methoxy groups -OCH3 is 1. The molecule has 0 aliphatic carbocycles. The Morgan fingerprint density at radius 3 is 2.89 bits per heavy atom. The van der Waals surface area contributed by atoms with Gasteiger partial charge in [0.05, 0.1) is 25.7 Å². The van der Waals surface area contributed by atoms with Crippen molar-refractivity contribution in [2.45, 2.75) is 19.9 Å². The van der Waals surface area contributed by atoms with Gasteiger partial charge in [0.1, 0.15) is 0 Å². The third-order valence-corrected chi connectivity index (χ3v) is 4.65. The molecule has 3 heterocycles. The lowest BCUT2D eigenvalue weighted by atomic mass is 10.1. The number of rotatable bonds is 7. The third-order valence-electron chi connectivity index (χ3n) is 4.65.